The van der Waals surface area contributed by atoms with Crippen LogP contribution in [0.15, 0.2) is 0 Å². The molecule has 1 aliphatic carbocycles. The van der Waals surface area contributed by atoms with Gasteiger partial charge in [0.05, 0.1) is 25.7 Å². The predicted octanol–water partition coefficient (Wildman–Crippen LogP) is 0.161. The summed E-state index contributed by atoms with van der Waals surface area (Å²) in [5.41, 5.74) is 5.24. The van der Waals surface area contributed by atoms with Gasteiger partial charge in [-0.15, -0.1) is 0 Å². The molecule has 4 heteroatoms. The van der Waals surface area contributed by atoms with Crippen molar-refractivity contribution in [2.24, 2.45) is 17.6 Å². The Bertz CT molecular complexity index is 168. The second-order valence-corrected chi connectivity index (χ2v) is 3.41. The van der Waals surface area contributed by atoms with Crippen molar-refractivity contribution in [1.29, 1.82) is 0 Å². The summed E-state index contributed by atoms with van der Waals surface area (Å²) in [6.45, 7) is 1.55. The van der Waals surface area contributed by atoms with Crippen molar-refractivity contribution in [1.82, 2.24) is 0 Å². The highest BCUT2D eigenvalue weighted by Crippen LogP contribution is 2.36. The summed E-state index contributed by atoms with van der Waals surface area (Å²) in [4.78, 5) is 11.0. The number of hydrogen-bond donors (Lipinski definition) is 1. The molecule has 0 aromatic carbocycles. The van der Waals surface area contributed by atoms with Crippen LogP contribution in [0.5, 0.6) is 0 Å². The summed E-state index contributed by atoms with van der Waals surface area (Å²) in [7, 11) is 1.62. The van der Waals surface area contributed by atoms with Crippen molar-refractivity contribution < 1.29 is 14.3 Å². The van der Waals surface area contributed by atoms with Crippen molar-refractivity contribution >= 4 is 5.91 Å². The summed E-state index contributed by atoms with van der Waals surface area (Å²) in [6.07, 6.45) is 2.22. The van der Waals surface area contributed by atoms with Gasteiger partial charge in [-0.05, 0) is 18.8 Å². The maximum Gasteiger partial charge on any atom is 0.223 e. The monoisotopic (exact) mass is 187 g/mol. The molecule has 0 heterocycles. The minimum Gasteiger partial charge on any atom is -0.382 e. The number of rotatable bonds is 7. The third-order valence-corrected chi connectivity index (χ3v) is 2.29. The van der Waals surface area contributed by atoms with Crippen LogP contribution in [0.3, 0.4) is 0 Å². The van der Waals surface area contributed by atoms with Crippen LogP contribution in [0.2, 0.25) is 0 Å². The molecule has 0 aliphatic heterocycles. The van der Waals surface area contributed by atoms with Crippen LogP contribution in [0, 0.1) is 11.8 Å². The SMILES string of the molecule is COCCOC[C@@H](C(N)=O)C1CC1. The number of amides is 1. The maximum absolute atomic E-state index is 11.0. The number of carbonyl (C=O) groups is 1. The van der Waals surface area contributed by atoms with Gasteiger partial charge in [-0.25, -0.2) is 0 Å². The molecule has 0 bridgehead atoms. The highest BCUT2D eigenvalue weighted by molar-refractivity contribution is 5.77. The Morgan fingerprint density at radius 1 is 1.54 bits per heavy atom. The fourth-order valence-electron chi connectivity index (χ4n) is 1.30. The molecule has 1 fully saturated rings. The van der Waals surface area contributed by atoms with E-state index in [9.17, 15) is 4.79 Å². The van der Waals surface area contributed by atoms with Crippen LogP contribution in [0.4, 0.5) is 0 Å². The summed E-state index contributed by atoms with van der Waals surface area (Å²) in [5, 5.41) is 0. The van der Waals surface area contributed by atoms with E-state index in [-0.39, 0.29) is 11.8 Å². The minimum absolute atomic E-state index is 0.0862. The Kier molecular flexibility index (Phi) is 4.18. The molecule has 1 rings (SSSR count). The summed E-state index contributed by atoms with van der Waals surface area (Å²) in [5.74, 6) is 0.150. The van der Waals surface area contributed by atoms with Crippen LogP contribution in [-0.4, -0.2) is 32.8 Å². The molecule has 4 nitrogen and oxygen atoms in total. The van der Waals surface area contributed by atoms with Gasteiger partial charge in [0.1, 0.15) is 0 Å². The minimum atomic E-state index is -0.236. The lowest BCUT2D eigenvalue weighted by Crippen LogP contribution is -2.29. The van der Waals surface area contributed by atoms with Crippen molar-refractivity contribution in [3.63, 3.8) is 0 Å². The van der Waals surface area contributed by atoms with Crippen molar-refractivity contribution in [3.05, 3.63) is 0 Å². The second-order valence-electron chi connectivity index (χ2n) is 3.41. The maximum atomic E-state index is 11.0. The average molecular weight is 187 g/mol. The van der Waals surface area contributed by atoms with Crippen LogP contribution < -0.4 is 5.73 Å². The Morgan fingerprint density at radius 2 is 2.23 bits per heavy atom. The fraction of sp³-hybridized carbons (Fsp3) is 0.889. The standard InChI is InChI=1S/C9H17NO3/c1-12-4-5-13-6-8(9(10)11)7-2-3-7/h7-8H,2-6H2,1H3,(H2,10,11)/t8-/m1/s1. The molecule has 1 saturated carbocycles. The summed E-state index contributed by atoms with van der Waals surface area (Å²) >= 11 is 0. The normalized spacial score (nSPS) is 18.5. The Hall–Kier alpha value is -0.610. The van der Waals surface area contributed by atoms with E-state index >= 15 is 0 Å². The smallest absolute Gasteiger partial charge is 0.223 e. The van der Waals surface area contributed by atoms with Gasteiger partial charge in [0.2, 0.25) is 5.91 Å². The third-order valence-electron chi connectivity index (χ3n) is 2.29. The molecule has 0 aromatic heterocycles. The molecule has 0 unspecified atom stereocenters. The van der Waals surface area contributed by atoms with Crippen LogP contribution in [0.25, 0.3) is 0 Å². The highest BCUT2D eigenvalue weighted by Gasteiger charge is 2.34. The average Bonchev–Trinajstić information content (AvgIpc) is 2.87. The summed E-state index contributed by atoms with van der Waals surface area (Å²) < 4.78 is 10.1. The molecular formula is C9H17NO3. The molecule has 1 aliphatic rings. The lowest BCUT2D eigenvalue weighted by molar-refractivity contribution is -0.124. The number of carbonyl (C=O) groups excluding carboxylic acids is 1. The molecule has 0 spiro atoms. The topological polar surface area (TPSA) is 61.6 Å². The van der Waals surface area contributed by atoms with Gasteiger partial charge >= 0.3 is 0 Å². The first-order valence-corrected chi connectivity index (χ1v) is 4.61. The van der Waals surface area contributed by atoms with Crippen molar-refractivity contribution in [2.75, 3.05) is 26.9 Å². The van der Waals surface area contributed by atoms with E-state index in [4.69, 9.17) is 15.2 Å². The molecular weight excluding hydrogens is 170 g/mol. The zero-order chi connectivity index (χ0) is 9.68. The Labute approximate surface area is 78.4 Å². The van der Waals surface area contributed by atoms with E-state index in [1.165, 1.54) is 0 Å². The molecule has 0 aromatic rings. The van der Waals surface area contributed by atoms with E-state index < -0.39 is 0 Å². The first-order valence-electron chi connectivity index (χ1n) is 4.61. The third kappa shape index (κ3) is 3.74. The highest BCUT2D eigenvalue weighted by atomic mass is 16.5. The Balaban J connectivity index is 2.11. The molecule has 1 amide bonds. The molecule has 13 heavy (non-hydrogen) atoms. The van der Waals surface area contributed by atoms with Crippen LogP contribution in [0.1, 0.15) is 12.8 Å². The van der Waals surface area contributed by atoms with Gasteiger partial charge in [-0.2, -0.15) is 0 Å². The fourth-order valence-corrected chi connectivity index (χ4v) is 1.30. The molecule has 76 valence electrons. The first-order chi connectivity index (χ1) is 6.25. The number of methoxy groups -OCH3 is 1. The largest absolute Gasteiger partial charge is 0.382 e. The van der Waals surface area contributed by atoms with Crippen molar-refractivity contribution in [2.45, 2.75) is 12.8 Å². The second kappa shape index (κ2) is 5.19. The quantitative estimate of drug-likeness (QED) is 0.577. The molecule has 0 saturated heterocycles. The van der Waals surface area contributed by atoms with E-state index in [2.05, 4.69) is 0 Å². The first kappa shape index (κ1) is 10.5. The van der Waals surface area contributed by atoms with Gasteiger partial charge in [-0.1, -0.05) is 0 Å². The van der Waals surface area contributed by atoms with Crippen LogP contribution in [-0.2, 0) is 14.3 Å². The molecule has 1 atom stereocenters. The van der Waals surface area contributed by atoms with Gasteiger partial charge in [0.25, 0.3) is 0 Å². The number of primary amides is 1. The zero-order valence-electron chi connectivity index (χ0n) is 7.99. The van der Waals surface area contributed by atoms with Crippen LogP contribution >= 0.6 is 0 Å². The Morgan fingerprint density at radius 3 is 2.69 bits per heavy atom. The number of ether oxygens (including phenoxy) is 2. The predicted molar refractivity (Wildman–Crippen MR) is 48.1 cm³/mol. The zero-order valence-corrected chi connectivity index (χ0v) is 7.99. The van der Waals surface area contributed by atoms with E-state index in [1.807, 2.05) is 0 Å². The van der Waals surface area contributed by atoms with Gasteiger partial charge in [0, 0.05) is 7.11 Å². The molecule has 2 N–H and O–H groups in total. The van der Waals surface area contributed by atoms with Gasteiger partial charge < -0.3 is 15.2 Å². The van der Waals surface area contributed by atoms with Gasteiger partial charge in [0.15, 0.2) is 0 Å². The van der Waals surface area contributed by atoms with Gasteiger partial charge in [-0.3, -0.25) is 4.79 Å². The number of nitrogens with two attached hydrogens (primary N) is 1. The summed E-state index contributed by atoms with van der Waals surface area (Å²) in [6, 6.07) is 0. The number of hydrogen-bond acceptors (Lipinski definition) is 3. The lowest BCUT2D eigenvalue weighted by Gasteiger charge is -2.11. The van der Waals surface area contributed by atoms with E-state index in [1.54, 1.807) is 7.11 Å². The van der Waals surface area contributed by atoms with Crippen molar-refractivity contribution in [3.8, 4) is 0 Å². The lowest BCUT2D eigenvalue weighted by atomic mass is 10.1. The van der Waals surface area contributed by atoms with E-state index in [0.29, 0.717) is 25.7 Å². The molecule has 0 radical (unpaired) electrons. The van der Waals surface area contributed by atoms with E-state index in [0.717, 1.165) is 12.8 Å².